The molecule has 130 valence electrons. The minimum atomic E-state index is -0.263. The van der Waals surface area contributed by atoms with Gasteiger partial charge < -0.3 is 15.0 Å². The van der Waals surface area contributed by atoms with Crippen molar-refractivity contribution < 1.29 is 14.3 Å². The third-order valence-corrected chi connectivity index (χ3v) is 5.26. The third-order valence-electron chi connectivity index (χ3n) is 4.26. The van der Waals surface area contributed by atoms with Crippen LogP contribution in [0.1, 0.15) is 17.9 Å². The smallest absolute Gasteiger partial charge is 0.233 e. The highest BCUT2D eigenvalue weighted by Gasteiger charge is 2.30. The summed E-state index contributed by atoms with van der Waals surface area (Å²) in [5, 5.41) is 12.9. The second kappa shape index (κ2) is 8.19. The van der Waals surface area contributed by atoms with Crippen molar-refractivity contribution in [2.75, 3.05) is 32.1 Å². The maximum atomic E-state index is 12.3. The van der Waals surface area contributed by atoms with Crippen molar-refractivity contribution in [3.8, 4) is 6.07 Å². The van der Waals surface area contributed by atoms with Gasteiger partial charge in [-0.05, 0) is 5.56 Å². The second-order valence-corrected chi connectivity index (χ2v) is 6.84. The predicted molar refractivity (Wildman–Crippen MR) is 94.4 cm³/mol. The van der Waals surface area contributed by atoms with Crippen LogP contribution in [0.3, 0.4) is 0 Å². The van der Waals surface area contributed by atoms with Crippen molar-refractivity contribution >= 4 is 23.6 Å². The van der Waals surface area contributed by atoms with Gasteiger partial charge >= 0.3 is 0 Å². The first kappa shape index (κ1) is 17.5. The zero-order valence-corrected chi connectivity index (χ0v) is 14.6. The molecule has 1 atom stereocenters. The molecule has 2 aliphatic rings. The summed E-state index contributed by atoms with van der Waals surface area (Å²) in [6.07, 6.45) is 0.244. The van der Waals surface area contributed by atoms with E-state index < -0.39 is 0 Å². The number of hydrogen-bond acceptors (Lipinski definition) is 5. The highest BCUT2D eigenvalue weighted by atomic mass is 32.2. The number of ether oxygens (including phenoxy) is 1. The van der Waals surface area contributed by atoms with Gasteiger partial charge in [0, 0.05) is 25.4 Å². The molecule has 1 fully saturated rings. The summed E-state index contributed by atoms with van der Waals surface area (Å²) in [5.74, 6) is -0.202. The number of allylic oxidation sites excluding steroid dienone is 1. The molecule has 6 nitrogen and oxygen atoms in total. The number of carbonyl (C=O) groups excluding carboxylic acids is 2. The molecule has 2 aliphatic heterocycles. The minimum absolute atomic E-state index is 0.00540. The van der Waals surface area contributed by atoms with Gasteiger partial charge in [-0.3, -0.25) is 9.59 Å². The lowest BCUT2D eigenvalue weighted by atomic mass is 9.87. The Bertz CT molecular complexity index is 721. The molecule has 25 heavy (non-hydrogen) atoms. The Labute approximate surface area is 150 Å². The number of amides is 2. The van der Waals surface area contributed by atoms with E-state index in [0.717, 1.165) is 5.56 Å². The fourth-order valence-corrected chi connectivity index (χ4v) is 3.92. The zero-order chi connectivity index (χ0) is 17.6. The van der Waals surface area contributed by atoms with Gasteiger partial charge in [0.2, 0.25) is 11.8 Å². The van der Waals surface area contributed by atoms with Crippen LogP contribution in [0.5, 0.6) is 0 Å². The van der Waals surface area contributed by atoms with Crippen LogP contribution < -0.4 is 5.32 Å². The minimum Gasteiger partial charge on any atom is -0.378 e. The van der Waals surface area contributed by atoms with Crippen LogP contribution in [0.4, 0.5) is 0 Å². The molecule has 1 saturated heterocycles. The summed E-state index contributed by atoms with van der Waals surface area (Å²) >= 11 is 1.23. The summed E-state index contributed by atoms with van der Waals surface area (Å²) < 4.78 is 5.25. The van der Waals surface area contributed by atoms with Crippen LogP contribution in [0.15, 0.2) is 40.9 Å². The summed E-state index contributed by atoms with van der Waals surface area (Å²) in [7, 11) is 0. The van der Waals surface area contributed by atoms with E-state index in [4.69, 9.17) is 4.74 Å². The Hall–Kier alpha value is -2.30. The average molecular weight is 357 g/mol. The number of thioether (sulfide) groups is 1. The quantitative estimate of drug-likeness (QED) is 0.885. The van der Waals surface area contributed by atoms with Crippen LogP contribution in [0.25, 0.3) is 0 Å². The van der Waals surface area contributed by atoms with E-state index in [0.29, 0.717) is 36.9 Å². The first-order valence-electron chi connectivity index (χ1n) is 8.16. The van der Waals surface area contributed by atoms with Crippen molar-refractivity contribution in [1.29, 1.82) is 5.26 Å². The number of carbonyl (C=O) groups is 2. The van der Waals surface area contributed by atoms with Crippen LogP contribution in [-0.2, 0) is 14.3 Å². The number of hydrogen-bond donors (Lipinski definition) is 1. The van der Waals surface area contributed by atoms with E-state index in [2.05, 4.69) is 11.4 Å². The lowest BCUT2D eigenvalue weighted by molar-refractivity contribution is -0.132. The number of rotatable bonds is 4. The molecule has 1 aromatic carbocycles. The Morgan fingerprint density at radius 2 is 2.04 bits per heavy atom. The van der Waals surface area contributed by atoms with Crippen LogP contribution in [-0.4, -0.2) is 48.8 Å². The van der Waals surface area contributed by atoms with E-state index >= 15 is 0 Å². The predicted octanol–water partition coefficient (Wildman–Crippen LogP) is 1.62. The molecule has 1 N–H and O–H groups in total. The third kappa shape index (κ3) is 4.21. The number of benzene rings is 1. The number of morpholine rings is 1. The van der Waals surface area contributed by atoms with Crippen LogP contribution in [0.2, 0.25) is 0 Å². The summed E-state index contributed by atoms with van der Waals surface area (Å²) in [6, 6.07) is 11.8. The van der Waals surface area contributed by atoms with Gasteiger partial charge in [-0.2, -0.15) is 5.26 Å². The molecule has 0 spiro atoms. The molecular weight excluding hydrogens is 338 g/mol. The largest absolute Gasteiger partial charge is 0.378 e. The van der Waals surface area contributed by atoms with Gasteiger partial charge in [-0.25, -0.2) is 0 Å². The first-order valence-corrected chi connectivity index (χ1v) is 9.15. The highest BCUT2D eigenvalue weighted by Crippen LogP contribution is 2.35. The Kier molecular flexibility index (Phi) is 5.74. The maximum Gasteiger partial charge on any atom is 0.233 e. The number of nitrogens with one attached hydrogen (secondary N) is 1. The van der Waals surface area contributed by atoms with Crippen molar-refractivity contribution in [2.24, 2.45) is 0 Å². The molecule has 0 saturated carbocycles. The van der Waals surface area contributed by atoms with E-state index in [1.165, 1.54) is 11.8 Å². The normalized spacial score (nSPS) is 20.8. The molecule has 7 heteroatoms. The number of nitriles is 1. The average Bonchev–Trinajstić information content (AvgIpc) is 2.67. The van der Waals surface area contributed by atoms with E-state index in [1.807, 2.05) is 30.3 Å². The Morgan fingerprint density at radius 1 is 1.32 bits per heavy atom. The van der Waals surface area contributed by atoms with Crippen LogP contribution >= 0.6 is 11.8 Å². The van der Waals surface area contributed by atoms with E-state index in [-0.39, 0.29) is 29.9 Å². The molecule has 2 heterocycles. The first-order chi connectivity index (χ1) is 12.2. The molecular formula is C18H19N3O3S. The number of nitrogens with zero attached hydrogens (tertiary/aromatic N) is 2. The highest BCUT2D eigenvalue weighted by molar-refractivity contribution is 8.03. The fraction of sp³-hybridized carbons (Fsp3) is 0.389. The molecule has 1 aromatic rings. The Morgan fingerprint density at radius 3 is 2.72 bits per heavy atom. The molecule has 2 amide bonds. The fourth-order valence-electron chi connectivity index (χ4n) is 2.94. The zero-order valence-electron chi connectivity index (χ0n) is 13.7. The summed E-state index contributed by atoms with van der Waals surface area (Å²) in [5.41, 5.74) is 1.46. The monoisotopic (exact) mass is 357 g/mol. The molecule has 0 bridgehead atoms. The summed E-state index contributed by atoms with van der Waals surface area (Å²) in [4.78, 5) is 26.1. The van der Waals surface area contributed by atoms with Gasteiger partial charge in [-0.15, -0.1) is 0 Å². The standard InChI is InChI=1S/C18H19N3O3S/c19-11-15-14(13-4-2-1-3-5-13)10-16(22)20-18(15)25-12-17(23)21-6-8-24-9-7-21/h1-5,14H,6-10,12H2,(H,20,22)/t14-/m0/s1. The summed E-state index contributed by atoms with van der Waals surface area (Å²) in [6.45, 7) is 2.27. The van der Waals surface area contributed by atoms with Gasteiger partial charge in [0.1, 0.15) is 0 Å². The SMILES string of the molecule is N#CC1=C(SCC(=O)N2CCOCC2)NC(=O)C[C@H]1c1ccccc1. The molecule has 0 unspecified atom stereocenters. The lowest BCUT2D eigenvalue weighted by Gasteiger charge is -2.28. The second-order valence-electron chi connectivity index (χ2n) is 5.85. The van der Waals surface area contributed by atoms with Gasteiger partial charge in [-0.1, -0.05) is 42.1 Å². The lowest BCUT2D eigenvalue weighted by Crippen LogP contribution is -2.42. The molecule has 0 radical (unpaired) electrons. The Balaban J connectivity index is 1.75. The van der Waals surface area contributed by atoms with E-state index in [1.54, 1.807) is 4.90 Å². The van der Waals surface area contributed by atoms with Crippen LogP contribution in [0, 0.1) is 11.3 Å². The van der Waals surface area contributed by atoms with Crippen molar-refractivity contribution in [3.63, 3.8) is 0 Å². The van der Waals surface area contributed by atoms with Gasteiger partial charge in [0.25, 0.3) is 0 Å². The van der Waals surface area contributed by atoms with Crippen molar-refractivity contribution in [2.45, 2.75) is 12.3 Å². The van der Waals surface area contributed by atoms with Gasteiger partial charge in [0.05, 0.1) is 35.6 Å². The van der Waals surface area contributed by atoms with Crippen molar-refractivity contribution in [1.82, 2.24) is 10.2 Å². The topological polar surface area (TPSA) is 82.4 Å². The molecule has 0 aliphatic carbocycles. The molecule has 3 rings (SSSR count). The van der Waals surface area contributed by atoms with E-state index in [9.17, 15) is 14.9 Å². The van der Waals surface area contributed by atoms with Gasteiger partial charge in [0.15, 0.2) is 0 Å². The van der Waals surface area contributed by atoms with Crippen molar-refractivity contribution in [3.05, 3.63) is 46.5 Å². The molecule has 0 aromatic heterocycles. The maximum absolute atomic E-state index is 12.3.